The van der Waals surface area contributed by atoms with Crippen molar-refractivity contribution in [3.8, 4) is 5.75 Å². The first-order valence-electron chi connectivity index (χ1n) is 7.38. The van der Waals surface area contributed by atoms with Gasteiger partial charge in [0.2, 0.25) is 0 Å². The molecule has 2 aromatic carbocycles. The number of para-hydroxylation sites is 1. The molecule has 0 aliphatic carbocycles. The van der Waals surface area contributed by atoms with Crippen molar-refractivity contribution in [2.45, 2.75) is 25.8 Å². The average Bonchev–Trinajstić information content (AvgIpc) is 2.51. The van der Waals surface area contributed by atoms with Gasteiger partial charge >= 0.3 is 0 Å². The van der Waals surface area contributed by atoms with Crippen LogP contribution in [0, 0.1) is 0 Å². The van der Waals surface area contributed by atoms with Crippen LogP contribution in [0.25, 0.3) is 0 Å². The second-order valence-corrected chi connectivity index (χ2v) is 5.98. The molecule has 1 unspecified atom stereocenters. The van der Waals surface area contributed by atoms with Gasteiger partial charge in [-0.1, -0.05) is 53.2 Å². The molecule has 1 atom stereocenters. The smallest absolute Gasteiger partial charge is 0.124 e. The molecule has 2 aromatic rings. The Kier molecular flexibility index (Phi) is 6.27. The molecular weight excluding hydrogens is 326 g/mol. The fraction of sp³-hybridized carbons (Fsp3) is 0.333. The second kappa shape index (κ2) is 8.20. The highest BCUT2D eigenvalue weighted by atomic mass is 79.9. The predicted octanol–water partition coefficient (Wildman–Crippen LogP) is 4.74. The molecule has 0 radical (unpaired) electrons. The van der Waals surface area contributed by atoms with E-state index in [1.165, 1.54) is 11.1 Å². The Labute approximate surface area is 135 Å². The second-order valence-electron chi connectivity index (χ2n) is 5.06. The van der Waals surface area contributed by atoms with E-state index in [9.17, 15) is 0 Å². The number of nitrogens with one attached hydrogen (secondary N) is 1. The fourth-order valence-electron chi connectivity index (χ4n) is 2.38. The molecule has 112 valence electrons. The van der Waals surface area contributed by atoms with Gasteiger partial charge < -0.3 is 10.1 Å². The van der Waals surface area contributed by atoms with E-state index in [4.69, 9.17) is 4.74 Å². The standard InChI is InChI=1S/C18H22BrNO/c1-3-11-21-18-10-5-4-9-16(18)17(20-2)13-14-7-6-8-15(19)12-14/h4-10,12,17,20H,3,11,13H2,1-2H3. The van der Waals surface area contributed by atoms with E-state index in [1.807, 2.05) is 13.1 Å². The van der Waals surface area contributed by atoms with Gasteiger partial charge in [-0.15, -0.1) is 0 Å². The molecule has 0 bridgehead atoms. The van der Waals surface area contributed by atoms with E-state index in [1.54, 1.807) is 0 Å². The topological polar surface area (TPSA) is 21.3 Å². The van der Waals surface area contributed by atoms with Crippen LogP contribution in [0.3, 0.4) is 0 Å². The summed E-state index contributed by atoms with van der Waals surface area (Å²) in [6.07, 6.45) is 1.95. The summed E-state index contributed by atoms with van der Waals surface area (Å²) in [7, 11) is 2.00. The number of benzene rings is 2. The lowest BCUT2D eigenvalue weighted by Crippen LogP contribution is -2.20. The fourth-order valence-corrected chi connectivity index (χ4v) is 2.83. The number of ether oxygens (including phenoxy) is 1. The highest BCUT2D eigenvalue weighted by Crippen LogP contribution is 2.28. The largest absolute Gasteiger partial charge is 0.493 e. The van der Waals surface area contributed by atoms with Crippen LogP contribution >= 0.6 is 15.9 Å². The molecule has 0 aliphatic heterocycles. The van der Waals surface area contributed by atoms with Gasteiger partial charge in [0.1, 0.15) is 5.75 Å². The van der Waals surface area contributed by atoms with Gasteiger partial charge in [0.15, 0.2) is 0 Å². The molecule has 0 aromatic heterocycles. The van der Waals surface area contributed by atoms with Crippen molar-refractivity contribution in [3.05, 3.63) is 64.1 Å². The quantitative estimate of drug-likeness (QED) is 0.780. The van der Waals surface area contributed by atoms with Crippen LogP contribution in [0.1, 0.15) is 30.5 Å². The van der Waals surface area contributed by atoms with Gasteiger partial charge in [-0.05, 0) is 43.7 Å². The summed E-state index contributed by atoms with van der Waals surface area (Å²) < 4.78 is 7.00. The molecule has 0 fully saturated rings. The minimum Gasteiger partial charge on any atom is -0.493 e. The summed E-state index contributed by atoms with van der Waals surface area (Å²) in [5.74, 6) is 0.980. The molecule has 21 heavy (non-hydrogen) atoms. The van der Waals surface area contributed by atoms with Gasteiger partial charge in [0.25, 0.3) is 0 Å². The molecule has 0 spiro atoms. The van der Waals surface area contributed by atoms with Crippen molar-refractivity contribution in [2.75, 3.05) is 13.7 Å². The Bertz CT molecular complexity index is 571. The van der Waals surface area contributed by atoms with Crippen molar-refractivity contribution in [2.24, 2.45) is 0 Å². The molecule has 0 saturated heterocycles. The van der Waals surface area contributed by atoms with Crippen LogP contribution in [0.2, 0.25) is 0 Å². The van der Waals surface area contributed by atoms with Crippen LogP contribution in [-0.4, -0.2) is 13.7 Å². The average molecular weight is 348 g/mol. The summed E-state index contributed by atoms with van der Waals surface area (Å²) in [4.78, 5) is 0. The summed E-state index contributed by atoms with van der Waals surface area (Å²) in [5, 5.41) is 3.41. The molecule has 0 aliphatic rings. The van der Waals surface area contributed by atoms with Crippen LogP contribution in [0.15, 0.2) is 53.0 Å². The lowest BCUT2D eigenvalue weighted by atomic mass is 9.98. The van der Waals surface area contributed by atoms with Gasteiger partial charge in [-0.2, -0.15) is 0 Å². The number of likely N-dealkylation sites (N-methyl/N-ethyl adjacent to an activating group) is 1. The van der Waals surface area contributed by atoms with E-state index >= 15 is 0 Å². The molecule has 0 saturated carbocycles. The first-order valence-corrected chi connectivity index (χ1v) is 8.17. The number of hydrogen-bond acceptors (Lipinski definition) is 2. The van der Waals surface area contributed by atoms with Crippen molar-refractivity contribution in [1.82, 2.24) is 5.32 Å². The van der Waals surface area contributed by atoms with Crippen LogP contribution in [0.5, 0.6) is 5.75 Å². The maximum absolute atomic E-state index is 5.88. The maximum atomic E-state index is 5.88. The lowest BCUT2D eigenvalue weighted by Gasteiger charge is -2.20. The highest BCUT2D eigenvalue weighted by molar-refractivity contribution is 9.10. The molecule has 3 heteroatoms. The zero-order valence-electron chi connectivity index (χ0n) is 12.6. The molecular formula is C18H22BrNO. The molecule has 2 rings (SSSR count). The van der Waals surface area contributed by atoms with E-state index in [2.05, 4.69) is 70.6 Å². The predicted molar refractivity (Wildman–Crippen MR) is 91.9 cm³/mol. The summed E-state index contributed by atoms with van der Waals surface area (Å²) >= 11 is 3.53. The maximum Gasteiger partial charge on any atom is 0.124 e. The van der Waals surface area contributed by atoms with Crippen LogP contribution in [0.4, 0.5) is 0 Å². The third-order valence-electron chi connectivity index (χ3n) is 3.43. The first-order chi connectivity index (χ1) is 10.2. The van der Waals surface area contributed by atoms with Crippen molar-refractivity contribution in [3.63, 3.8) is 0 Å². The Hall–Kier alpha value is -1.32. The summed E-state index contributed by atoms with van der Waals surface area (Å²) in [5.41, 5.74) is 2.52. The van der Waals surface area contributed by atoms with Gasteiger partial charge in [0.05, 0.1) is 6.61 Å². The van der Waals surface area contributed by atoms with Crippen molar-refractivity contribution < 1.29 is 4.74 Å². The monoisotopic (exact) mass is 347 g/mol. The van der Waals surface area contributed by atoms with Crippen LogP contribution < -0.4 is 10.1 Å². The molecule has 1 N–H and O–H groups in total. The summed E-state index contributed by atoms with van der Waals surface area (Å²) in [6.45, 7) is 2.88. The number of rotatable bonds is 7. The van der Waals surface area contributed by atoms with E-state index in [-0.39, 0.29) is 6.04 Å². The van der Waals surface area contributed by atoms with Gasteiger partial charge in [0, 0.05) is 16.1 Å². The van der Waals surface area contributed by atoms with Gasteiger partial charge in [-0.25, -0.2) is 0 Å². The molecule has 0 amide bonds. The summed E-state index contributed by atoms with van der Waals surface area (Å²) in [6, 6.07) is 17.0. The zero-order chi connectivity index (χ0) is 15.1. The molecule has 2 nitrogen and oxygen atoms in total. The lowest BCUT2D eigenvalue weighted by molar-refractivity contribution is 0.310. The Morgan fingerprint density at radius 1 is 1.14 bits per heavy atom. The van der Waals surface area contributed by atoms with E-state index < -0.39 is 0 Å². The number of hydrogen-bond donors (Lipinski definition) is 1. The van der Waals surface area contributed by atoms with Crippen molar-refractivity contribution >= 4 is 15.9 Å². The minimum atomic E-state index is 0.243. The SMILES string of the molecule is CCCOc1ccccc1C(Cc1cccc(Br)c1)NC. The van der Waals surface area contributed by atoms with Gasteiger partial charge in [-0.3, -0.25) is 0 Å². The highest BCUT2D eigenvalue weighted by Gasteiger charge is 2.15. The zero-order valence-corrected chi connectivity index (χ0v) is 14.2. The van der Waals surface area contributed by atoms with Crippen LogP contribution in [-0.2, 0) is 6.42 Å². The normalized spacial score (nSPS) is 12.1. The third kappa shape index (κ3) is 4.58. The Morgan fingerprint density at radius 3 is 2.67 bits per heavy atom. The van der Waals surface area contributed by atoms with E-state index in [0.717, 1.165) is 29.7 Å². The van der Waals surface area contributed by atoms with Crippen molar-refractivity contribution in [1.29, 1.82) is 0 Å². The number of halogens is 1. The minimum absolute atomic E-state index is 0.243. The Morgan fingerprint density at radius 2 is 1.95 bits per heavy atom. The molecule has 0 heterocycles. The van der Waals surface area contributed by atoms with E-state index in [0.29, 0.717) is 0 Å². The third-order valence-corrected chi connectivity index (χ3v) is 3.93. The Balaban J connectivity index is 2.20. The first kappa shape index (κ1) is 16.1.